The van der Waals surface area contributed by atoms with E-state index in [9.17, 15) is 0 Å². The normalized spacial score (nSPS) is 30.8. The Morgan fingerprint density at radius 3 is 2.91 bits per heavy atom. The summed E-state index contributed by atoms with van der Waals surface area (Å²) in [5, 5.41) is 0. The molecule has 0 bridgehead atoms. The van der Waals surface area contributed by atoms with Crippen LogP contribution in [0.3, 0.4) is 0 Å². The molecule has 2 unspecified atom stereocenters. The maximum absolute atomic E-state index is 5.42. The lowest BCUT2D eigenvalue weighted by atomic mass is 10.1. The van der Waals surface area contributed by atoms with Gasteiger partial charge < -0.3 is 4.74 Å². The van der Waals surface area contributed by atoms with Crippen LogP contribution in [0.1, 0.15) is 6.92 Å². The number of rotatable bonds is 2. The minimum absolute atomic E-state index is 0.0521. The number of hydrogen-bond donors (Lipinski definition) is 0. The highest BCUT2D eigenvalue weighted by atomic mass is 16.5. The maximum atomic E-state index is 5.42. The van der Waals surface area contributed by atoms with Crippen LogP contribution in [0.5, 0.6) is 0 Å². The SMILES string of the molecule is C=CC1=NC(C)COC1C=C. The van der Waals surface area contributed by atoms with E-state index < -0.39 is 0 Å². The molecule has 0 N–H and O–H groups in total. The van der Waals surface area contributed by atoms with Gasteiger partial charge in [0.25, 0.3) is 0 Å². The molecule has 1 rings (SSSR count). The molecule has 0 radical (unpaired) electrons. The fourth-order valence-electron chi connectivity index (χ4n) is 1.05. The molecule has 2 atom stereocenters. The number of nitrogens with zero attached hydrogens (tertiary/aromatic N) is 1. The van der Waals surface area contributed by atoms with Crippen molar-refractivity contribution in [3.8, 4) is 0 Å². The zero-order valence-corrected chi connectivity index (χ0v) is 6.79. The van der Waals surface area contributed by atoms with Crippen LogP contribution >= 0.6 is 0 Å². The van der Waals surface area contributed by atoms with Gasteiger partial charge in [0.1, 0.15) is 6.10 Å². The van der Waals surface area contributed by atoms with Gasteiger partial charge in [0.15, 0.2) is 0 Å². The molecule has 0 aromatic carbocycles. The summed E-state index contributed by atoms with van der Waals surface area (Å²) < 4.78 is 5.42. The summed E-state index contributed by atoms with van der Waals surface area (Å²) in [4.78, 5) is 4.36. The van der Waals surface area contributed by atoms with E-state index in [0.29, 0.717) is 6.61 Å². The molecule has 0 fully saturated rings. The van der Waals surface area contributed by atoms with Crippen molar-refractivity contribution in [1.82, 2.24) is 0 Å². The lowest BCUT2D eigenvalue weighted by molar-refractivity contribution is 0.107. The Morgan fingerprint density at radius 1 is 1.64 bits per heavy atom. The summed E-state index contributed by atoms with van der Waals surface area (Å²) in [7, 11) is 0. The fraction of sp³-hybridized carbons (Fsp3) is 0.444. The smallest absolute Gasteiger partial charge is 0.117 e. The quantitative estimate of drug-likeness (QED) is 0.549. The average Bonchev–Trinajstić information content (AvgIpc) is 2.04. The third kappa shape index (κ3) is 1.77. The van der Waals surface area contributed by atoms with Gasteiger partial charge in [-0.2, -0.15) is 0 Å². The van der Waals surface area contributed by atoms with Crippen LogP contribution in [0.2, 0.25) is 0 Å². The van der Waals surface area contributed by atoms with Gasteiger partial charge in [-0.3, -0.25) is 4.99 Å². The largest absolute Gasteiger partial charge is 0.366 e. The Labute approximate surface area is 67.3 Å². The first kappa shape index (κ1) is 8.21. The molecule has 1 aliphatic heterocycles. The molecule has 0 spiro atoms. The van der Waals surface area contributed by atoms with E-state index in [1.807, 2.05) is 6.92 Å². The van der Waals surface area contributed by atoms with Crippen LogP contribution in [-0.4, -0.2) is 24.5 Å². The average molecular weight is 151 g/mol. The Kier molecular flexibility index (Phi) is 2.60. The van der Waals surface area contributed by atoms with Gasteiger partial charge >= 0.3 is 0 Å². The van der Waals surface area contributed by atoms with E-state index in [2.05, 4.69) is 18.2 Å². The molecule has 0 saturated heterocycles. The zero-order chi connectivity index (χ0) is 8.27. The molecule has 0 saturated carbocycles. The van der Waals surface area contributed by atoms with Crippen LogP contribution < -0.4 is 0 Å². The van der Waals surface area contributed by atoms with Crippen LogP contribution in [0.25, 0.3) is 0 Å². The van der Waals surface area contributed by atoms with Gasteiger partial charge in [-0.25, -0.2) is 0 Å². The van der Waals surface area contributed by atoms with E-state index in [4.69, 9.17) is 4.74 Å². The van der Waals surface area contributed by atoms with Crippen molar-refractivity contribution in [3.63, 3.8) is 0 Å². The molecule has 2 heteroatoms. The van der Waals surface area contributed by atoms with E-state index in [1.54, 1.807) is 12.2 Å². The molecule has 0 amide bonds. The Balaban J connectivity index is 2.78. The van der Waals surface area contributed by atoms with Crippen LogP contribution in [0.15, 0.2) is 30.3 Å². The first-order valence-electron chi connectivity index (χ1n) is 3.72. The van der Waals surface area contributed by atoms with Crippen molar-refractivity contribution in [1.29, 1.82) is 0 Å². The second-order valence-corrected chi connectivity index (χ2v) is 2.60. The first-order chi connectivity index (χ1) is 5.27. The van der Waals surface area contributed by atoms with Crippen molar-refractivity contribution >= 4 is 5.71 Å². The van der Waals surface area contributed by atoms with Gasteiger partial charge in [0.05, 0.1) is 18.4 Å². The van der Waals surface area contributed by atoms with Crippen molar-refractivity contribution in [3.05, 3.63) is 25.3 Å². The molecule has 1 aliphatic rings. The van der Waals surface area contributed by atoms with Crippen LogP contribution in [0.4, 0.5) is 0 Å². The molecule has 1 heterocycles. The Bertz CT molecular complexity index is 196. The van der Waals surface area contributed by atoms with Crippen molar-refractivity contribution in [2.24, 2.45) is 4.99 Å². The summed E-state index contributed by atoms with van der Waals surface area (Å²) in [6, 6.07) is 0.249. The molecule has 2 nitrogen and oxygen atoms in total. The Hall–Kier alpha value is -0.890. The van der Waals surface area contributed by atoms with E-state index in [-0.39, 0.29) is 12.1 Å². The summed E-state index contributed by atoms with van der Waals surface area (Å²) in [5.74, 6) is 0. The second kappa shape index (κ2) is 3.49. The lowest BCUT2D eigenvalue weighted by Gasteiger charge is -2.22. The lowest BCUT2D eigenvalue weighted by Crippen LogP contribution is -2.30. The molecular weight excluding hydrogens is 138 g/mol. The van der Waals surface area contributed by atoms with E-state index in [1.165, 1.54) is 0 Å². The zero-order valence-electron chi connectivity index (χ0n) is 6.79. The molecule has 11 heavy (non-hydrogen) atoms. The van der Waals surface area contributed by atoms with E-state index >= 15 is 0 Å². The van der Waals surface area contributed by atoms with Gasteiger partial charge in [0.2, 0.25) is 0 Å². The van der Waals surface area contributed by atoms with Crippen molar-refractivity contribution in [2.45, 2.75) is 19.1 Å². The predicted octanol–water partition coefficient (Wildman–Crippen LogP) is 1.59. The molecule has 0 aliphatic carbocycles. The highest BCUT2D eigenvalue weighted by Gasteiger charge is 2.17. The van der Waals surface area contributed by atoms with Gasteiger partial charge in [-0.15, -0.1) is 6.58 Å². The number of ether oxygens (including phenoxy) is 1. The predicted molar refractivity (Wildman–Crippen MR) is 47.0 cm³/mol. The summed E-state index contributed by atoms with van der Waals surface area (Å²) in [6.45, 7) is 10.0. The summed E-state index contributed by atoms with van der Waals surface area (Å²) >= 11 is 0. The number of hydrogen-bond acceptors (Lipinski definition) is 2. The third-order valence-electron chi connectivity index (χ3n) is 1.60. The van der Waals surface area contributed by atoms with Gasteiger partial charge in [-0.05, 0) is 13.0 Å². The van der Waals surface area contributed by atoms with Gasteiger partial charge in [0, 0.05) is 0 Å². The highest BCUT2D eigenvalue weighted by Crippen LogP contribution is 2.09. The minimum Gasteiger partial charge on any atom is -0.366 e. The molecule has 60 valence electrons. The molecular formula is C9H13NO. The van der Waals surface area contributed by atoms with Gasteiger partial charge in [-0.1, -0.05) is 12.7 Å². The first-order valence-corrected chi connectivity index (χ1v) is 3.72. The topological polar surface area (TPSA) is 21.6 Å². The molecule has 0 aromatic heterocycles. The van der Waals surface area contributed by atoms with E-state index in [0.717, 1.165) is 5.71 Å². The highest BCUT2D eigenvalue weighted by molar-refractivity contribution is 5.99. The minimum atomic E-state index is -0.0521. The number of aliphatic imine (C=N–C) groups is 1. The van der Waals surface area contributed by atoms with Crippen LogP contribution in [0, 0.1) is 0 Å². The fourth-order valence-corrected chi connectivity index (χ4v) is 1.05. The standard InChI is InChI=1S/C9H13NO/c1-4-8-9(5-2)11-6-7(3)10-8/h4-5,7,9H,1-2,6H2,3H3. The Morgan fingerprint density at radius 2 is 2.36 bits per heavy atom. The summed E-state index contributed by atoms with van der Waals surface area (Å²) in [5.41, 5.74) is 0.888. The second-order valence-electron chi connectivity index (χ2n) is 2.60. The van der Waals surface area contributed by atoms with Crippen molar-refractivity contribution in [2.75, 3.05) is 6.61 Å². The monoisotopic (exact) mass is 151 g/mol. The summed E-state index contributed by atoms with van der Waals surface area (Å²) in [6.07, 6.45) is 3.41. The third-order valence-corrected chi connectivity index (χ3v) is 1.60. The van der Waals surface area contributed by atoms with Crippen LogP contribution in [-0.2, 0) is 4.74 Å². The van der Waals surface area contributed by atoms with Crippen molar-refractivity contribution < 1.29 is 4.74 Å². The molecule has 0 aromatic rings. The maximum Gasteiger partial charge on any atom is 0.117 e.